The molecular weight excluding hydrogens is 414 g/mol. The van der Waals surface area contributed by atoms with Crippen molar-refractivity contribution in [3.05, 3.63) is 65.3 Å². The molecule has 2 aromatic heterocycles. The van der Waals surface area contributed by atoms with Gasteiger partial charge < -0.3 is 14.3 Å². The number of aromatic nitrogens is 2. The van der Waals surface area contributed by atoms with Crippen molar-refractivity contribution in [2.75, 3.05) is 18.3 Å². The monoisotopic (exact) mass is 429 g/mol. The van der Waals surface area contributed by atoms with E-state index in [1.807, 2.05) is 6.26 Å². The number of amides is 1. The number of ketones is 1. The summed E-state index contributed by atoms with van der Waals surface area (Å²) in [7, 11) is 1.54. The van der Waals surface area contributed by atoms with Gasteiger partial charge in [-0.05, 0) is 36.1 Å². The molecule has 1 atom stereocenters. The third-order valence-corrected chi connectivity index (χ3v) is 6.30. The Morgan fingerprint density at radius 3 is 2.62 bits per heavy atom. The van der Waals surface area contributed by atoms with Crippen molar-refractivity contribution < 1.29 is 23.8 Å². The lowest BCUT2D eigenvalue weighted by Gasteiger charge is -2.24. The molecule has 0 aliphatic carbocycles. The second-order valence-corrected chi connectivity index (χ2v) is 7.98. The first-order valence-electron chi connectivity index (χ1n) is 8.41. The van der Waals surface area contributed by atoms with E-state index in [1.165, 1.54) is 40.3 Å². The van der Waals surface area contributed by atoms with Gasteiger partial charge in [-0.2, -0.15) is 0 Å². The SMILES string of the molecule is COc1ccc(C2C(C(=O)c3ccco3)=C(O)C(=O)N2c2nnc(SC)s2)cc1. The van der Waals surface area contributed by atoms with Gasteiger partial charge >= 0.3 is 0 Å². The maximum atomic E-state index is 13.1. The Balaban J connectivity index is 1.85. The number of hydrogen-bond donors (Lipinski definition) is 1. The van der Waals surface area contributed by atoms with E-state index in [0.29, 0.717) is 15.7 Å². The number of carbonyl (C=O) groups is 2. The van der Waals surface area contributed by atoms with Crippen molar-refractivity contribution in [2.45, 2.75) is 10.4 Å². The van der Waals surface area contributed by atoms with Crippen LogP contribution in [0.2, 0.25) is 0 Å². The lowest BCUT2D eigenvalue weighted by molar-refractivity contribution is -0.117. The number of hydrogen-bond acceptors (Lipinski definition) is 9. The molecule has 0 radical (unpaired) electrons. The van der Waals surface area contributed by atoms with Gasteiger partial charge in [0, 0.05) is 0 Å². The maximum Gasteiger partial charge on any atom is 0.296 e. The first-order chi connectivity index (χ1) is 14.0. The molecule has 0 spiro atoms. The van der Waals surface area contributed by atoms with E-state index in [9.17, 15) is 14.7 Å². The summed E-state index contributed by atoms with van der Waals surface area (Å²) < 4.78 is 11.0. The fraction of sp³-hybridized carbons (Fsp3) is 0.158. The Hall–Kier alpha value is -3.11. The van der Waals surface area contributed by atoms with Crippen LogP contribution >= 0.6 is 23.1 Å². The van der Waals surface area contributed by atoms with Crippen LogP contribution in [0.3, 0.4) is 0 Å². The van der Waals surface area contributed by atoms with Crippen LogP contribution in [0.4, 0.5) is 5.13 Å². The minimum atomic E-state index is -0.881. The Bertz CT molecular complexity index is 1090. The molecule has 10 heteroatoms. The van der Waals surface area contributed by atoms with Crippen LogP contribution in [-0.2, 0) is 4.79 Å². The largest absolute Gasteiger partial charge is 0.503 e. The standard InChI is InChI=1S/C19H15N3O5S2/c1-26-11-7-5-10(6-8-11)14-13(15(23)12-4-3-9-27-12)16(24)17(25)22(14)18-20-21-19(28-2)29-18/h3-9,14,24H,1-2H3. The first-order valence-corrected chi connectivity index (χ1v) is 10.5. The number of nitrogens with zero attached hydrogens (tertiary/aromatic N) is 3. The van der Waals surface area contributed by atoms with Crippen molar-refractivity contribution in [3.63, 3.8) is 0 Å². The van der Waals surface area contributed by atoms with Gasteiger partial charge in [0.15, 0.2) is 15.9 Å². The summed E-state index contributed by atoms with van der Waals surface area (Å²) in [5.41, 5.74) is 0.537. The number of ether oxygens (including phenoxy) is 1. The summed E-state index contributed by atoms with van der Waals surface area (Å²) in [5, 5.41) is 19.0. The fourth-order valence-corrected chi connectivity index (χ4v) is 4.34. The molecule has 1 aromatic carbocycles. The number of carbonyl (C=O) groups excluding carboxylic acids is 2. The highest BCUT2D eigenvalue weighted by molar-refractivity contribution is 8.00. The average molecular weight is 429 g/mol. The van der Waals surface area contributed by atoms with Crippen LogP contribution < -0.4 is 9.64 Å². The molecule has 148 valence electrons. The molecule has 1 N–H and O–H groups in total. The van der Waals surface area contributed by atoms with Crippen molar-refractivity contribution >= 4 is 39.9 Å². The summed E-state index contributed by atoms with van der Waals surface area (Å²) in [6, 6.07) is 9.07. The topological polar surface area (TPSA) is 106 Å². The number of anilines is 1. The quantitative estimate of drug-likeness (QED) is 0.360. The zero-order valence-corrected chi connectivity index (χ0v) is 17.0. The van der Waals surface area contributed by atoms with Crippen LogP contribution in [0.5, 0.6) is 5.75 Å². The summed E-state index contributed by atoms with van der Waals surface area (Å²) in [4.78, 5) is 27.3. The van der Waals surface area contributed by atoms with Gasteiger partial charge in [0.25, 0.3) is 5.91 Å². The Kier molecular flexibility index (Phi) is 5.12. The lowest BCUT2D eigenvalue weighted by Crippen LogP contribution is -2.31. The number of rotatable bonds is 6. The third kappa shape index (κ3) is 3.30. The number of aliphatic hydroxyl groups is 1. The predicted octanol–water partition coefficient (Wildman–Crippen LogP) is 3.64. The molecule has 1 unspecified atom stereocenters. The van der Waals surface area contributed by atoms with Gasteiger partial charge in [-0.3, -0.25) is 14.5 Å². The Labute approximate surface area is 173 Å². The third-order valence-electron chi connectivity index (χ3n) is 4.41. The number of furan rings is 1. The highest BCUT2D eigenvalue weighted by Crippen LogP contribution is 2.43. The number of methoxy groups -OCH3 is 1. The number of benzene rings is 1. The Morgan fingerprint density at radius 2 is 2.03 bits per heavy atom. The molecule has 1 amide bonds. The van der Waals surface area contributed by atoms with Gasteiger partial charge in [-0.25, -0.2) is 0 Å². The molecule has 3 aromatic rings. The van der Waals surface area contributed by atoms with E-state index in [-0.39, 0.29) is 16.5 Å². The number of Topliss-reactive ketones (excluding diaryl/α,β-unsaturated/α-hetero) is 1. The molecule has 0 saturated carbocycles. The van der Waals surface area contributed by atoms with Crippen molar-refractivity contribution in [1.29, 1.82) is 0 Å². The van der Waals surface area contributed by atoms with Gasteiger partial charge in [0.2, 0.25) is 10.9 Å². The molecule has 4 rings (SSSR count). The zero-order valence-electron chi connectivity index (χ0n) is 15.4. The highest BCUT2D eigenvalue weighted by Gasteiger charge is 2.46. The fourth-order valence-electron chi connectivity index (χ4n) is 3.06. The lowest BCUT2D eigenvalue weighted by atomic mass is 9.95. The van der Waals surface area contributed by atoms with E-state index in [2.05, 4.69) is 10.2 Å². The van der Waals surface area contributed by atoms with Crippen LogP contribution in [0.1, 0.15) is 22.2 Å². The number of thioether (sulfide) groups is 1. The number of aliphatic hydroxyl groups excluding tert-OH is 1. The zero-order chi connectivity index (χ0) is 20.5. The first kappa shape index (κ1) is 19.2. The van der Waals surface area contributed by atoms with E-state index in [1.54, 1.807) is 37.4 Å². The minimum Gasteiger partial charge on any atom is -0.503 e. The molecule has 0 bridgehead atoms. The van der Waals surface area contributed by atoms with Crippen LogP contribution in [0.15, 0.2) is 62.8 Å². The van der Waals surface area contributed by atoms with Crippen molar-refractivity contribution in [2.24, 2.45) is 0 Å². The predicted molar refractivity (Wildman–Crippen MR) is 108 cm³/mol. The normalized spacial score (nSPS) is 16.6. The summed E-state index contributed by atoms with van der Waals surface area (Å²) in [6.07, 6.45) is 3.20. The molecule has 1 aliphatic rings. The van der Waals surface area contributed by atoms with E-state index in [0.717, 1.165) is 0 Å². The second kappa shape index (κ2) is 7.72. The smallest absolute Gasteiger partial charge is 0.296 e. The van der Waals surface area contributed by atoms with Crippen LogP contribution in [0, 0.1) is 0 Å². The molecule has 29 heavy (non-hydrogen) atoms. The second-order valence-electron chi connectivity index (χ2n) is 5.97. The highest BCUT2D eigenvalue weighted by atomic mass is 32.2. The summed E-state index contributed by atoms with van der Waals surface area (Å²) in [6.45, 7) is 0. The van der Waals surface area contributed by atoms with Gasteiger partial charge in [-0.1, -0.05) is 35.2 Å². The Morgan fingerprint density at radius 1 is 1.28 bits per heavy atom. The van der Waals surface area contributed by atoms with Crippen molar-refractivity contribution in [3.8, 4) is 5.75 Å². The van der Waals surface area contributed by atoms with Gasteiger partial charge in [0.05, 0.1) is 25.0 Å². The maximum absolute atomic E-state index is 13.1. The van der Waals surface area contributed by atoms with Gasteiger partial charge in [-0.15, -0.1) is 10.2 Å². The van der Waals surface area contributed by atoms with E-state index < -0.39 is 23.5 Å². The van der Waals surface area contributed by atoms with Gasteiger partial charge in [0.1, 0.15) is 5.75 Å². The molecule has 0 fully saturated rings. The molecule has 3 heterocycles. The van der Waals surface area contributed by atoms with Crippen LogP contribution in [0.25, 0.3) is 0 Å². The average Bonchev–Trinajstić information content (AvgIpc) is 3.48. The molecule has 8 nitrogen and oxygen atoms in total. The van der Waals surface area contributed by atoms with E-state index in [4.69, 9.17) is 9.15 Å². The van der Waals surface area contributed by atoms with Crippen LogP contribution in [-0.4, -0.2) is 40.4 Å². The molecular formula is C19H15N3O5S2. The summed E-state index contributed by atoms with van der Waals surface area (Å²) in [5.74, 6) is -1.27. The molecule has 0 saturated heterocycles. The minimum absolute atomic E-state index is 0.0294. The molecule has 1 aliphatic heterocycles. The summed E-state index contributed by atoms with van der Waals surface area (Å²) >= 11 is 2.59. The van der Waals surface area contributed by atoms with E-state index >= 15 is 0 Å². The van der Waals surface area contributed by atoms with Crippen molar-refractivity contribution in [1.82, 2.24) is 10.2 Å².